The molecule has 0 aromatic carbocycles. The average molecular weight is 307 g/mol. The smallest absolute Gasteiger partial charge is 0.332 e. The van der Waals surface area contributed by atoms with Crippen LogP contribution in [0.4, 0.5) is 0 Å². The Morgan fingerprint density at radius 3 is 2.40 bits per heavy atom. The Bertz CT molecular complexity index is 457. The van der Waals surface area contributed by atoms with Crippen LogP contribution < -0.4 is 11.1 Å². The number of carbonyl (C=O) groups is 2. The number of ether oxygens (including phenoxy) is 1. The lowest BCUT2D eigenvalue weighted by molar-refractivity contribution is -0.148. The molecule has 1 heterocycles. The van der Waals surface area contributed by atoms with Crippen molar-refractivity contribution >= 4 is 21.9 Å². The van der Waals surface area contributed by atoms with E-state index in [1.165, 1.54) is 4.31 Å². The minimum Gasteiger partial charge on any atom is -0.464 e. The number of nitrogens with one attached hydrogen (secondary N) is 1. The van der Waals surface area contributed by atoms with Crippen molar-refractivity contribution in [2.45, 2.75) is 31.8 Å². The summed E-state index contributed by atoms with van der Waals surface area (Å²) in [6, 6.07) is -1.52. The third kappa shape index (κ3) is 4.73. The molecule has 1 amide bonds. The molecule has 0 aromatic heterocycles. The van der Waals surface area contributed by atoms with Crippen LogP contribution in [0, 0.1) is 0 Å². The molecule has 20 heavy (non-hydrogen) atoms. The minimum absolute atomic E-state index is 0.159. The van der Waals surface area contributed by atoms with E-state index >= 15 is 0 Å². The largest absolute Gasteiger partial charge is 0.464 e. The van der Waals surface area contributed by atoms with E-state index in [0.717, 1.165) is 6.26 Å². The second-order valence-corrected chi connectivity index (χ2v) is 6.66. The second kappa shape index (κ2) is 7.00. The molecule has 3 N–H and O–H groups in total. The van der Waals surface area contributed by atoms with Crippen LogP contribution in [0.15, 0.2) is 0 Å². The fraction of sp³-hybridized carbons (Fsp3) is 0.818. The monoisotopic (exact) mass is 307 g/mol. The summed E-state index contributed by atoms with van der Waals surface area (Å²) in [5, 5.41) is 2.64. The van der Waals surface area contributed by atoms with Gasteiger partial charge in [0, 0.05) is 19.1 Å². The first-order chi connectivity index (χ1) is 9.25. The molecule has 1 rings (SSSR count). The number of nitrogens with two attached hydrogens (primary N) is 1. The van der Waals surface area contributed by atoms with Crippen LogP contribution in [0.2, 0.25) is 0 Å². The highest BCUT2D eigenvalue weighted by Gasteiger charge is 2.29. The first kappa shape index (κ1) is 16.9. The van der Waals surface area contributed by atoms with Crippen molar-refractivity contribution < 1.29 is 22.7 Å². The molecule has 9 heteroatoms. The third-order valence-electron chi connectivity index (χ3n) is 3.09. The minimum atomic E-state index is -3.19. The van der Waals surface area contributed by atoms with Gasteiger partial charge in [-0.05, 0) is 19.8 Å². The molecule has 116 valence electrons. The number of piperidine rings is 1. The van der Waals surface area contributed by atoms with Gasteiger partial charge in [0.15, 0.2) is 6.04 Å². The fourth-order valence-corrected chi connectivity index (χ4v) is 2.84. The molecule has 0 spiro atoms. The number of sulfonamides is 1. The van der Waals surface area contributed by atoms with E-state index in [2.05, 4.69) is 10.1 Å². The molecule has 8 nitrogen and oxygen atoms in total. The van der Waals surface area contributed by atoms with E-state index in [4.69, 9.17) is 5.73 Å². The molecule has 1 atom stereocenters. The van der Waals surface area contributed by atoms with E-state index in [1.54, 1.807) is 6.92 Å². The summed E-state index contributed by atoms with van der Waals surface area (Å²) in [6.07, 6.45) is 2.14. The van der Waals surface area contributed by atoms with Crippen LogP contribution in [0.3, 0.4) is 0 Å². The molecule has 1 saturated heterocycles. The standard InChI is InChI=1S/C11H21N3O5S/c1-3-19-11(16)9(12)10(15)13-8-4-6-14(7-5-8)20(2,17)18/h8-9H,3-7,12H2,1-2H3,(H,13,15). The lowest BCUT2D eigenvalue weighted by atomic mass is 10.1. The molecule has 0 bridgehead atoms. The molecule has 1 aliphatic heterocycles. The van der Waals surface area contributed by atoms with Crippen LogP contribution in [0.5, 0.6) is 0 Å². The van der Waals surface area contributed by atoms with E-state index in [-0.39, 0.29) is 12.6 Å². The Hall–Kier alpha value is -1.19. The van der Waals surface area contributed by atoms with Gasteiger partial charge in [-0.3, -0.25) is 4.79 Å². The molecule has 0 aromatic rings. The number of hydrogen-bond acceptors (Lipinski definition) is 6. The Labute approximate surface area is 118 Å². The number of nitrogens with zero attached hydrogens (tertiary/aromatic N) is 1. The van der Waals surface area contributed by atoms with Gasteiger partial charge in [0.1, 0.15) is 0 Å². The predicted octanol–water partition coefficient (Wildman–Crippen LogP) is -1.58. The average Bonchev–Trinajstić information content (AvgIpc) is 2.37. The first-order valence-electron chi connectivity index (χ1n) is 6.43. The maximum Gasteiger partial charge on any atom is 0.332 e. The highest BCUT2D eigenvalue weighted by atomic mass is 32.2. The van der Waals surface area contributed by atoms with Crippen LogP contribution >= 0.6 is 0 Å². The molecule has 0 aliphatic carbocycles. The van der Waals surface area contributed by atoms with Gasteiger partial charge < -0.3 is 15.8 Å². The van der Waals surface area contributed by atoms with Crippen LogP contribution in [-0.4, -0.2) is 62.6 Å². The molecule has 1 aliphatic rings. The molecule has 1 fully saturated rings. The summed E-state index contributed by atoms with van der Waals surface area (Å²) >= 11 is 0. The maximum absolute atomic E-state index is 11.7. The highest BCUT2D eigenvalue weighted by Crippen LogP contribution is 2.13. The SMILES string of the molecule is CCOC(=O)C(N)C(=O)NC1CCN(S(C)(=O)=O)CC1. The number of hydrogen-bond donors (Lipinski definition) is 2. The lowest BCUT2D eigenvalue weighted by Gasteiger charge is -2.31. The summed E-state index contributed by atoms with van der Waals surface area (Å²) in [6.45, 7) is 2.48. The van der Waals surface area contributed by atoms with Gasteiger partial charge in [-0.2, -0.15) is 0 Å². The Morgan fingerprint density at radius 1 is 1.40 bits per heavy atom. The summed E-state index contributed by atoms with van der Waals surface area (Å²) in [5.41, 5.74) is 5.47. The van der Waals surface area contributed by atoms with E-state index in [0.29, 0.717) is 25.9 Å². The summed E-state index contributed by atoms with van der Waals surface area (Å²) in [5.74, 6) is -1.36. The molecule has 1 unspecified atom stereocenters. The molecule has 0 radical (unpaired) electrons. The van der Waals surface area contributed by atoms with Crippen molar-refractivity contribution in [2.75, 3.05) is 26.0 Å². The molecular weight excluding hydrogens is 286 g/mol. The van der Waals surface area contributed by atoms with Gasteiger partial charge in [0.05, 0.1) is 12.9 Å². The normalized spacial score (nSPS) is 19.4. The van der Waals surface area contributed by atoms with Gasteiger partial charge >= 0.3 is 5.97 Å². The van der Waals surface area contributed by atoms with E-state index < -0.39 is 27.9 Å². The van der Waals surface area contributed by atoms with Crippen LogP contribution in [0.25, 0.3) is 0 Å². The third-order valence-corrected chi connectivity index (χ3v) is 4.40. The number of carbonyl (C=O) groups excluding carboxylic acids is 2. The molecule has 0 saturated carbocycles. The van der Waals surface area contributed by atoms with Crippen molar-refractivity contribution in [2.24, 2.45) is 5.73 Å². The fourth-order valence-electron chi connectivity index (χ4n) is 1.96. The molecular formula is C11H21N3O5S. The van der Waals surface area contributed by atoms with Crippen molar-refractivity contribution in [3.63, 3.8) is 0 Å². The lowest BCUT2D eigenvalue weighted by Crippen LogP contribution is -2.53. The zero-order chi connectivity index (χ0) is 15.3. The van der Waals surface area contributed by atoms with Gasteiger partial charge in [-0.1, -0.05) is 0 Å². The Morgan fingerprint density at radius 2 is 1.95 bits per heavy atom. The first-order valence-corrected chi connectivity index (χ1v) is 8.28. The predicted molar refractivity (Wildman–Crippen MR) is 72.2 cm³/mol. The van der Waals surface area contributed by atoms with E-state index in [9.17, 15) is 18.0 Å². The van der Waals surface area contributed by atoms with Gasteiger partial charge in [0.25, 0.3) is 0 Å². The van der Waals surface area contributed by atoms with Crippen LogP contribution in [0.1, 0.15) is 19.8 Å². The topological polar surface area (TPSA) is 119 Å². The number of rotatable bonds is 5. The second-order valence-electron chi connectivity index (χ2n) is 4.67. The van der Waals surface area contributed by atoms with Crippen LogP contribution in [-0.2, 0) is 24.3 Å². The maximum atomic E-state index is 11.7. The number of amides is 1. The highest BCUT2D eigenvalue weighted by molar-refractivity contribution is 7.88. The summed E-state index contributed by atoms with van der Waals surface area (Å²) < 4.78 is 28.7. The van der Waals surface area contributed by atoms with Crippen molar-refractivity contribution in [1.29, 1.82) is 0 Å². The number of esters is 1. The van der Waals surface area contributed by atoms with Crippen molar-refractivity contribution in [3.8, 4) is 0 Å². The summed E-state index contributed by atoms with van der Waals surface area (Å²) in [7, 11) is -3.19. The Balaban J connectivity index is 2.44. The van der Waals surface area contributed by atoms with Crippen molar-refractivity contribution in [3.05, 3.63) is 0 Å². The van der Waals surface area contributed by atoms with Gasteiger partial charge in [-0.25, -0.2) is 17.5 Å². The summed E-state index contributed by atoms with van der Waals surface area (Å²) in [4.78, 5) is 23.1. The zero-order valence-corrected chi connectivity index (χ0v) is 12.5. The zero-order valence-electron chi connectivity index (χ0n) is 11.7. The van der Waals surface area contributed by atoms with Gasteiger partial charge in [0.2, 0.25) is 15.9 Å². The van der Waals surface area contributed by atoms with Gasteiger partial charge in [-0.15, -0.1) is 0 Å². The van der Waals surface area contributed by atoms with E-state index in [1.807, 2.05) is 0 Å². The van der Waals surface area contributed by atoms with Crippen molar-refractivity contribution in [1.82, 2.24) is 9.62 Å². The Kier molecular flexibility index (Phi) is 5.90. The quantitative estimate of drug-likeness (QED) is 0.467.